The van der Waals surface area contributed by atoms with E-state index in [9.17, 15) is 82.4 Å². The van der Waals surface area contributed by atoms with Gasteiger partial charge in [-0.15, -0.1) is 0 Å². The number of primary amides is 4. The molecule has 0 unspecified atom stereocenters. The van der Waals surface area contributed by atoms with Crippen LogP contribution in [0.4, 0.5) is 0 Å². The lowest BCUT2D eigenvalue weighted by Crippen LogP contribution is -2.60. The van der Waals surface area contributed by atoms with E-state index in [2.05, 4.69) is 57.8 Å². The highest BCUT2D eigenvalue weighted by atomic mass is 16.4. The highest BCUT2D eigenvalue weighted by molar-refractivity contribution is 5.99. The van der Waals surface area contributed by atoms with Gasteiger partial charge < -0.3 is 121 Å². The summed E-state index contributed by atoms with van der Waals surface area (Å²) < 4.78 is 0. The molecule has 0 saturated carbocycles. The lowest BCUT2D eigenvalue weighted by atomic mass is 10.0. The number of aliphatic carboxylic acids is 1. The monoisotopic (exact) mass is 1250 g/mol. The summed E-state index contributed by atoms with van der Waals surface area (Å²) >= 11 is 0. The number of amides is 13. The average Bonchev–Trinajstić information content (AvgIpc) is 3.66. The molecule has 0 aromatic heterocycles. The smallest absolute Gasteiger partial charge is 0.326 e. The van der Waals surface area contributed by atoms with E-state index >= 15 is 0 Å². The normalized spacial score (nSPS) is 13.8. The predicted octanol–water partition coefficient (Wildman–Crippen LogP) is -11.1. The summed E-state index contributed by atoms with van der Waals surface area (Å²) in [7, 11) is 0. The number of nitrogens with one attached hydrogen (secondary N) is 9. The number of nitrogens with two attached hydrogens (primary N) is 10. The van der Waals surface area contributed by atoms with Crippen molar-refractivity contribution < 1.29 is 82.4 Å². The van der Waals surface area contributed by atoms with Crippen LogP contribution in [0.1, 0.15) is 89.0 Å². The Balaban J connectivity index is 3.57. The Morgan fingerprint density at radius 2 is 0.841 bits per heavy atom. The van der Waals surface area contributed by atoms with E-state index in [4.69, 9.17) is 57.3 Å². The predicted molar refractivity (Wildman–Crippen MR) is 310 cm³/mol. The van der Waals surface area contributed by atoms with Crippen LogP contribution in [0, 0.1) is 0 Å². The van der Waals surface area contributed by atoms with Crippen molar-refractivity contribution in [3.05, 3.63) is 29.8 Å². The molecule has 1 aromatic rings. The van der Waals surface area contributed by atoms with Crippen LogP contribution < -0.4 is 105 Å². The van der Waals surface area contributed by atoms with Gasteiger partial charge in [-0.2, -0.15) is 0 Å². The Morgan fingerprint density at radius 1 is 0.443 bits per heavy atom. The van der Waals surface area contributed by atoms with Gasteiger partial charge in [-0.3, -0.25) is 72.3 Å². The van der Waals surface area contributed by atoms with Gasteiger partial charge in [0.1, 0.15) is 54.1 Å². The van der Waals surface area contributed by atoms with Crippen molar-refractivity contribution in [2.45, 2.75) is 144 Å². The number of phenols is 1. The molecule has 0 radical (unpaired) electrons. The number of aliphatic hydroxyl groups is 1. The summed E-state index contributed by atoms with van der Waals surface area (Å²) in [6.45, 7) is -2.01. The molecule has 32 N–H and O–H groups in total. The highest BCUT2D eigenvalue weighted by Gasteiger charge is 2.35. The molecule has 13 amide bonds. The maximum atomic E-state index is 14.3. The number of hydrogen-bond donors (Lipinski definition) is 22. The van der Waals surface area contributed by atoms with E-state index in [-0.39, 0.29) is 62.9 Å². The molecule has 0 saturated heterocycles. The number of nitrogens with zero attached hydrogens (tertiary/aromatic N) is 2. The first-order valence-electron chi connectivity index (χ1n) is 27.4. The topological polar surface area (TPSA) is 693 Å². The fourth-order valence-corrected chi connectivity index (χ4v) is 7.82. The van der Waals surface area contributed by atoms with Crippen molar-refractivity contribution in [3.63, 3.8) is 0 Å². The molecule has 38 heteroatoms. The van der Waals surface area contributed by atoms with Crippen molar-refractivity contribution >= 4 is 94.7 Å². The van der Waals surface area contributed by atoms with Crippen molar-refractivity contribution in [3.8, 4) is 5.75 Å². The molecule has 0 aliphatic heterocycles. The number of carboxylic acids is 1. The second-order valence-electron chi connectivity index (χ2n) is 19.8. The highest BCUT2D eigenvalue weighted by Crippen LogP contribution is 2.13. The summed E-state index contributed by atoms with van der Waals surface area (Å²) in [5.74, 6) is -16.6. The van der Waals surface area contributed by atoms with E-state index in [0.29, 0.717) is 24.9 Å². The zero-order valence-corrected chi connectivity index (χ0v) is 48.2. The third-order valence-electron chi connectivity index (χ3n) is 12.4. The zero-order valence-electron chi connectivity index (χ0n) is 48.2. The molecule has 1 aromatic carbocycles. The second-order valence-corrected chi connectivity index (χ2v) is 19.8. The number of guanidine groups is 2. The third-order valence-corrected chi connectivity index (χ3v) is 12.4. The molecule has 0 aliphatic rings. The number of rotatable bonds is 44. The first-order valence-corrected chi connectivity index (χ1v) is 27.4. The van der Waals surface area contributed by atoms with Crippen LogP contribution in [-0.2, 0) is 73.5 Å². The summed E-state index contributed by atoms with van der Waals surface area (Å²) in [6, 6.07) is -9.72. The Kier molecular flexibility index (Phi) is 34.9. The minimum Gasteiger partial charge on any atom is -0.508 e. The summed E-state index contributed by atoms with van der Waals surface area (Å²) in [5.41, 5.74) is 54.5. The van der Waals surface area contributed by atoms with Crippen LogP contribution in [0.5, 0.6) is 5.75 Å². The molecule has 88 heavy (non-hydrogen) atoms. The van der Waals surface area contributed by atoms with Gasteiger partial charge in [0.2, 0.25) is 76.8 Å². The minimum absolute atomic E-state index is 0.00898. The number of phenolic OH excluding ortho intramolecular Hbond substituents is 1. The number of aromatic hydroxyl groups is 1. The van der Waals surface area contributed by atoms with Gasteiger partial charge in [-0.05, 0) is 75.6 Å². The molecule has 1 rings (SSSR count). The molecule has 0 heterocycles. The van der Waals surface area contributed by atoms with Crippen molar-refractivity contribution in [2.75, 3.05) is 32.8 Å². The Bertz CT molecular complexity index is 2650. The van der Waals surface area contributed by atoms with Gasteiger partial charge >= 0.3 is 5.97 Å². The number of unbranched alkanes of at least 4 members (excludes halogenated alkanes) is 1. The lowest BCUT2D eigenvalue weighted by molar-refractivity contribution is -0.142. The maximum absolute atomic E-state index is 14.3. The molecular weight excluding hydrogens is 1170 g/mol. The second kappa shape index (κ2) is 40.4. The third kappa shape index (κ3) is 31.8. The van der Waals surface area contributed by atoms with Crippen LogP contribution >= 0.6 is 0 Å². The number of carboxylic acid groups (broad SMARTS) is 1. The van der Waals surface area contributed by atoms with Crippen molar-refractivity contribution in [2.24, 2.45) is 67.3 Å². The fraction of sp³-hybridized carbons (Fsp3) is 0.560. The van der Waals surface area contributed by atoms with Crippen LogP contribution in [-0.4, -0.2) is 197 Å². The standard InChI is InChI=1S/C50H83N21O17/c51-16-2-1-5-26(52)40(79)69-33(21-38(56)77)46(85)70-32(20-37(55)76)41(80)63-22-39(78)64-31(19-24-8-10-25(73)11-9-24)45(84)67-29(12-14-35(53)74)44(83)65-28(7-4-18-62-50(59)60)43(82)71-34(23-72)47(86)66-27(6-3-17-61-49(57)58)42(81)68-30(48(87)88)13-15-36(54)75/h8-11,26-34,72-73H,1-7,12-23,51-52H2,(H2,53,74)(H2,54,75)(H2,55,76)(H2,56,77)(H,63,80)(H,64,78)(H,65,83)(H,66,86)(H,67,84)(H,68,81)(H,69,79)(H,70,85)(H,71,82)(H,87,88)(H4,57,58,61)(H4,59,60,62)/t26-,27-,28-,29-,30-,31-,32-,33-,34-/m0/s1. The molecule has 0 bridgehead atoms. The number of aliphatic hydroxyl groups excluding tert-OH is 1. The molecule has 0 spiro atoms. The maximum Gasteiger partial charge on any atom is 0.326 e. The number of aliphatic imine (C=N–C) groups is 2. The van der Waals surface area contributed by atoms with Crippen LogP contribution in [0.2, 0.25) is 0 Å². The van der Waals surface area contributed by atoms with E-state index < -0.39 is 195 Å². The molecule has 0 fully saturated rings. The SMILES string of the molecule is NCCCC[C@H](N)C(=O)N[C@@H](CC(N)=O)C(=O)N[C@@H](CC(N)=O)C(=O)NCC(=O)N[C@@H](Cc1ccc(O)cc1)C(=O)N[C@@H](CCC(N)=O)C(=O)N[C@@H](CCCN=C(N)N)C(=O)N[C@@H](CO)C(=O)N[C@@H](CCCN=C(N)N)C(=O)N[C@@H](CCC(N)=O)C(=O)O. The minimum atomic E-state index is -1.89. The van der Waals surface area contributed by atoms with Gasteiger partial charge in [-0.25, -0.2) is 4.79 Å². The molecule has 9 atom stereocenters. The number of carbonyl (C=O) groups excluding carboxylic acids is 13. The largest absolute Gasteiger partial charge is 0.508 e. The molecule has 490 valence electrons. The van der Waals surface area contributed by atoms with E-state index in [0.717, 1.165) is 0 Å². The van der Waals surface area contributed by atoms with Gasteiger partial charge in [0.05, 0.1) is 32.0 Å². The van der Waals surface area contributed by atoms with E-state index in [1.165, 1.54) is 24.3 Å². The van der Waals surface area contributed by atoms with Gasteiger partial charge in [-0.1, -0.05) is 18.6 Å². The van der Waals surface area contributed by atoms with Crippen molar-refractivity contribution in [1.29, 1.82) is 0 Å². The molecule has 0 aliphatic carbocycles. The quantitative estimate of drug-likeness (QED) is 0.0164. The van der Waals surface area contributed by atoms with Crippen LogP contribution in [0.3, 0.4) is 0 Å². The first-order chi connectivity index (χ1) is 41.4. The Labute approximate surface area is 503 Å². The summed E-state index contributed by atoms with van der Waals surface area (Å²) in [5, 5.41) is 50.5. The van der Waals surface area contributed by atoms with Crippen LogP contribution in [0.25, 0.3) is 0 Å². The number of hydrogen-bond acceptors (Lipinski definition) is 20. The van der Waals surface area contributed by atoms with Crippen LogP contribution in [0.15, 0.2) is 34.3 Å². The van der Waals surface area contributed by atoms with E-state index in [1.54, 1.807) is 0 Å². The van der Waals surface area contributed by atoms with Gasteiger partial charge in [0.25, 0.3) is 0 Å². The molecule has 38 nitrogen and oxygen atoms in total. The summed E-state index contributed by atoms with van der Waals surface area (Å²) in [6.07, 6.45) is -3.55. The summed E-state index contributed by atoms with van der Waals surface area (Å²) in [4.78, 5) is 190. The molecular formula is C50H83N21O17. The number of carbonyl (C=O) groups is 14. The first kappa shape index (κ1) is 76.0. The average molecular weight is 1250 g/mol. The van der Waals surface area contributed by atoms with E-state index in [1.807, 2.05) is 0 Å². The fourth-order valence-electron chi connectivity index (χ4n) is 7.82. The van der Waals surface area contributed by atoms with Crippen molar-refractivity contribution in [1.82, 2.24) is 47.9 Å². The zero-order chi connectivity index (χ0) is 66.6. The number of benzene rings is 1. The van der Waals surface area contributed by atoms with Gasteiger partial charge in [0, 0.05) is 32.4 Å². The Morgan fingerprint density at radius 3 is 1.28 bits per heavy atom. The Hall–Kier alpha value is -9.98. The van der Waals surface area contributed by atoms with Gasteiger partial charge in [0.15, 0.2) is 11.9 Å². The lowest BCUT2D eigenvalue weighted by Gasteiger charge is -2.27.